The van der Waals surface area contributed by atoms with Gasteiger partial charge in [-0.1, -0.05) is 12.2 Å². The molecule has 1 aromatic carbocycles. The van der Waals surface area contributed by atoms with Gasteiger partial charge in [-0.25, -0.2) is 20.0 Å². The average molecular weight is 541 g/mol. The number of aromatic nitrogens is 3. The van der Waals surface area contributed by atoms with E-state index in [1.54, 1.807) is 46.1 Å². The normalized spacial score (nSPS) is 18.0. The number of rotatable bonds is 4. The van der Waals surface area contributed by atoms with Crippen LogP contribution in [0.5, 0.6) is 5.75 Å². The number of amides is 2. The zero-order valence-electron chi connectivity index (χ0n) is 22.2. The van der Waals surface area contributed by atoms with Crippen molar-refractivity contribution < 1.29 is 19.1 Å². The number of likely N-dealkylation sites (N-methyl/N-ethyl adjacent to an activating group) is 1. The third-order valence-electron chi connectivity index (χ3n) is 7.05. The van der Waals surface area contributed by atoms with E-state index in [1.807, 2.05) is 24.2 Å². The van der Waals surface area contributed by atoms with Gasteiger partial charge in [0.1, 0.15) is 0 Å². The summed E-state index contributed by atoms with van der Waals surface area (Å²) in [4.78, 5) is 54.3. The Morgan fingerprint density at radius 2 is 1.93 bits per heavy atom. The zero-order valence-corrected chi connectivity index (χ0v) is 22.2. The van der Waals surface area contributed by atoms with Crippen LogP contribution in [0.1, 0.15) is 39.1 Å². The summed E-state index contributed by atoms with van der Waals surface area (Å²) < 4.78 is 5.65. The summed E-state index contributed by atoms with van der Waals surface area (Å²) in [6, 6.07) is 9.04. The number of allylic oxidation sites excluding steroid dienone is 1. The lowest BCUT2D eigenvalue weighted by atomic mass is 10.1. The standard InChI is InChI=1S/C28H28N8O4/c1-33-15-18-13-20(7-8-21(18)27(33)39)30-28-29-14-19(16-37)25(32-28)36-23-10-9-22-26(31-23)35(24(38)17-40-22)12-6-4-3-5-11-34(36)2/h3,5,7-10,13-14,16H,4,6,11-12,15,17H2,1-2H3,(H,29,30,32)/b5-3-. The van der Waals surface area contributed by atoms with Crippen LogP contribution in [0.15, 0.2) is 48.7 Å². The summed E-state index contributed by atoms with van der Waals surface area (Å²) in [5, 5.41) is 6.82. The first-order valence-electron chi connectivity index (χ1n) is 13.0. The third kappa shape index (κ3) is 4.62. The Hall–Kier alpha value is -4.84. The van der Waals surface area contributed by atoms with E-state index in [2.05, 4.69) is 16.4 Å². The van der Waals surface area contributed by atoms with Crippen LogP contribution in [0.3, 0.4) is 0 Å². The fraction of sp³-hybridized carbons (Fsp3) is 0.286. The Bertz CT molecular complexity index is 1540. The number of hydrogen-bond donors (Lipinski definition) is 1. The highest BCUT2D eigenvalue weighted by atomic mass is 16.5. The van der Waals surface area contributed by atoms with Gasteiger partial charge in [-0.05, 0) is 48.7 Å². The Labute approximate surface area is 230 Å². The van der Waals surface area contributed by atoms with Crippen molar-refractivity contribution in [3.63, 3.8) is 0 Å². The van der Waals surface area contributed by atoms with E-state index in [0.717, 1.165) is 24.1 Å². The molecule has 0 spiro atoms. The van der Waals surface area contributed by atoms with E-state index < -0.39 is 0 Å². The summed E-state index contributed by atoms with van der Waals surface area (Å²) in [5.41, 5.74) is 2.57. The molecule has 0 aliphatic carbocycles. The molecule has 3 aliphatic heterocycles. The number of benzene rings is 1. The molecular formula is C28H28N8O4. The molecule has 2 amide bonds. The summed E-state index contributed by atoms with van der Waals surface area (Å²) in [6.45, 7) is 1.54. The van der Waals surface area contributed by atoms with Crippen LogP contribution < -0.4 is 20.0 Å². The maximum Gasteiger partial charge on any atom is 0.266 e. The monoisotopic (exact) mass is 540 g/mol. The minimum atomic E-state index is -0.151. The molecule has 6 rings (SSSR count). The zero-order chi connectivity index (χ0) is 27.8. The number of hydrazine groups is 1. The van der Waals surface area contributed by atoms with Crippen LogP contribution in [0, 0.1) is 0 Å². The predicted molar refractivity (Wildman–Crippen MR) is 148 cm³/mol. The van der Waals surface area contributed by atoms with Crippen molar-refractivity contribution in [3.05, 3.63) is 65.4 Å². The molecule has 1 N–H and O–H groups in total. The van der Waals surface area contributed by atoms with E-state index in [4.69, 9.17) is 14.7 Å². The van der Waals surface area contributed by atoms with Crippen LogP contribution in [0.2, 0.25) is 0 Å². The van der Waals surface area contributed by atoms with Crippen LogP contribution in [0.4, 0.5) is 29.1 Å². The van der Waals surface area contributed by atoms with Gasteiger partial charge in [0, 0.05) is 51.2 Å². The Morgan fingerprint density at radius 3 is 2.77 bits per heavy atom. The van der Waals surface area contributed by atoms with Crippen molar-refractivity contribution in [3.8, 4) is 5.75 Å². The van der Waals surface area contributed by atoms with Crippen molar-refractivity contribution in [2.75, 3.05) is 49.0 Å². The van der Waals surface area contributed by atoms with Crippen molar-refractivity contribution in [1.29, 1.82) is 0 Å². The SMILES string of the molecule is CN1Cc2cc(Nc3ncc(C=O)c(N4c5ccc6c(n5)N(CCC/C=C\CN4C)C(=O)CO6)n3)ccc2C1=O. The summed E-state index contributed by atoms with van der Waals surface area (Å²) >= 11 is 0. The first-order chi connectivity index (χ1) is 19.4. The van der Waals surface area contributed by atoms with Crippen molar-refractivity contribution in [1.82, 2.24) is 24.9 Å². The molecule has 5 heterocycles. The predicted octanol–water partition coefficient (Wildman–Crippen LogP) is 3.07. The lowest BCUT2D eigenvalue weighted by molar-refractivity contribution is -0.121. The molecule has 0 unspecified atom stereocenters. The number of pyridine rings is 1. The quantitative estimate of drug-likeness (QED) is 0.390. The summed E-state index contributed by atoms with van der Waals surface area (Å²) in [6.07, 6.45) is 7.87. The number of carbonyl (C=O) groups excluding carboxylic acids is 3. The first kappa shape index (κ1) is 25.4. The number of nitrogens with zero attached hydrogens (tertiary/aromatic N) is 7. The van der Waals surface area contributed by atoms with Crippen LogP contribution >= 0.6 is 0 Å². The first-order valence-corrected chi connectivity index (χ1v) is 13.0. The molecule has 204 valence electrons. The second-order valence-electron chi connectivity index (χ2n) is 9.84. The number of carbonyl (C=O) groups is 3. The highest BCUT2D eigenvalue weighted by Crippen LogP contribution is 2.36. The number of fused-ring (bicyclic) bond motifs is 2. The van der Waals surface area contributed by atoms with Gasteiger partial charge in [0.25, 0.3) is 11.8 Å². The molecule has 0 fully saturated rings. The molecule has 2 bridgehead atoms. The van der Waals surface area contributed by atoms with Crippen LogP contribution in [-0.2, 0) is 11.3 Å². The number of ether oxygens (including phenoxy) is 1. The minimum Gasteiger partial charge on any atom is -0.480 e. The molecule has 2 aromatic heterocycles. The highest BCUT2D eigenvalue weighted by molar-refractivity contribution is 5.99. The van der Waals surface area contributed by atoms with E-state index in [0.29, 0.717) is 54.7 Å². The lowest BCUT2D eigenvalue weighted by Crippen LogP contribution is -2.42. The molecule has 12 heteroatoms. The topological polar surface area (TPSA) is 124 Å². The van der Waals surface area contributed by atoms with Gasteiger partial charge in [-0.3, -0.25) is 19.3 Å². The van der Waals surface area contributed by atoms with Gasteiger partial charge in [0.2, 0.25) is 5.95 Å². The Morgan fingerprint density at radius 1 is 1.05 bits per heavy atom. The van der Waals surface area contributed by atoms with Gasteiger partial charge in [0.15, 0.2) is 36.1 Å². The van der Waals surface area contributed by atoms with Gasteiger partial charge in [-0.15, -0.1) is 0 Å². The van der Waals surface area contributed by atoms with E-state index >= 15 is 0 Å². The Kier molecular flexibility index (Phi) is 6.60. The molecule has 3 aromatic rings. The van der Waals surface area contributed by atoms with Crippen molar-refractivity contribution >= 4 is 47.2 Å². The summed E-state index contributed by atoms with van der Waals surface area (Å²) in [5.74, 6) is 1.86. The van der Waals surface area contributed by atoms with E-state index in [9.17, 15) is 14.4 Å². The maximum absolute atomic E-state index is 12.7. The van der Waals surface area contributed by atoms with E-state index in [1.165, 1.54) is 6.20 Å². The molecule has 12 nitrogen and oxygen atoms in total. The van der Waals surface area contributed by atoms with Crippen molar-refractivity contribution in [2.45, 2.75) is 19.4 Å². The molecule has 0 saturated heterocycles. The average Bonchev–Trinajstić information content (AvgIpc) is 3.23. The fourth-order valence-corrected chi connectivity index (χ4v) is 5.02. The molecule has 3 aliphatic rings. The molecular weight excluding hydrogens is 512 g/mol. The number of anilines is 5. The van der Waals surface area contributed by atoms with Crippen LogP contribution in [-0.4, -0.2) is 76.8 Å². The lowest BCUT2D eigenvalue weighted by Gasteiger charge is -2.34. The largest absolute Gasteiger partial charge is 0.480 e. The van der Waals surface area contributed by atoms with Crippen molar-refractivity contribution in [2.24, 2.45) is 0 Å². The smallest absolute Gasteiger partial charge is 0.266 e. The Balaban J connectivity index is 1.41. The fourth-order valence-electron chi connectivity index (χ4n) is 5.02. The second kappa shape index (κ2) is 10.4. The number of nitrogens with one attached hydrogen (secondary N) is 1. The minimum absolute atomic E-state index is 0.00831. The van der Waals surface area contributed by atoms with Gasteiger partial charge < -0.3 is 15.0 Å². The molecule has 0 atom stereocenters. The summed E-state index contributed by atoms with van der Waals surface area (Å²) in [7, 11) is 3.64. The van der Waals surface area contributed by atoms with E-state index in [-0.39, 0.29) is 29.9 Å². The number of hydrogen-bond acceptors (Lipinski definition) is 10. The molecule has 0 radical (unpaired) electrons. The molecule has 40 heavy (non-hydrogen) atoms. The van der Waals surface area contributed by atoms with Gasteiger partial charge >= 0.3 is 0 Å². The van der Waals surface area contributed by atoms with Crippen LogP contribution in [0.25, 0.3) is 0 Å². The van der Waals surface area contributed by atoms with Gasteiger partial charge in [-0.2, -0.15) is 4.98 Å². The molecule has 0 saturated carbocycles. The second-order valence-corrected chi connectivity index (χ2v) is 9.84. The number of aldehydes is 1. The highest BCUT2D eigenvalue weighted by Gasteiger charge is 2.30. The third-order valence-corrected chi connectivity index (χ3v) is 7.05. The maximum atomic E-state index is 12.7. The van der Waals surface area contributed by atoms with Gasteiger partial charge in [0.05, 0.1) is 5.56 Å².